The van der Waals surface area contributed by atoms with Gasteiger partial charge in [0.15, 0.2) is 0 Å². The SMILES string of the molecule is CNc1ccc(C(=O)N(CCC(=O)O)c2ccccn2)cc1[N+](=O)[O-]. The number of rotatable bonds is 7. The Bertz CT molecular complexity index is 794. The zero-order chi connectivity index (χ0) is 18.4. The van der Waals surface area contributed by atoms with Gasteiger partial charge in [0, 0.05) is 31.4 Å². The molecule has 0 atom stereocenters. The number of benzene rings is 1. The van der Waals surface area contributed by atoms with Crippen LogP contribution in [0.2, 0.25) is 0 Å². The first-order valence-corrected chi connectivity index (χ1v) is 7.35. The number of hydrogen-bond acceptors (Lipinski definition) is 6. The molecule has 2 aromatic rings. The van der Waals surface area contributed by atoms with E-state index in [1.54, 1.807) is 18.2 Å². The van der Waals surface area contributed by atoms with Gasteiger partial charge in [-0.25, -0.2) is 4.98 Å². The van der Waals surface area contributed by atoms with E-state index in [1.165, 1.54) is 30.3 Å². The number of carbonyl (C=O) groups is 2. The largest absolute Gasteiger partial charge is 0.481 e. The molecule has 0 aliphatic heterocycles. The Balaban J connectivity index is 2.40. The highest BCUT2D eigenvalue weighted by atomic mass is 16.6. The number of carboxylic acids is 1. The average Bonchev–Trinajstić information content (AvgIpc) is 2.61. The van der Waals surface area contributed by atoms with Crippen molar-refractivity contribution >= 4 is 29.1 Å². The predicted octanol–water partition coefficient (Wildman–Crippen LogP) is 2.15. The molecule has 0 aliphatic carbocycles. The van der Waals surface area contributed by atoms with Crippen molar-refractivity contribution in [3.05, 3.63) is 58.3 Å². The summed E-state index contributed by atoms with van der Waals surface area (Å²) in [6.07, 6.45) is 1.20. The first-order chi connectivity index (χ1) is 11.9. The third-order valence-corrected chi connectivity index (χ3v) is 3.43. The molecule has 0 saturated heterocycles. The third kappa shape index (κ3) is 4.28. The maximum Gasteiger partial charge on any atom is 0.305 e. The van der Waals surface area contributed by atoms with Crippen molar-refractivity contribution in [1.29, 1.82) is 0 Å². The highest BCUT2D eigenvalue weighted by molar-refractivity contribution is 6.06. The maximum atomic E-state index is 12.8. The molecule has 0 spiro atoms. The normalized spacial score (nSPS) is 10.1. The van der Waals surface area contributed by atoms with Crippen molar-refractivity contribution in [3.8, 4) is 0 Å². The number of carboxylic acid groups (broad SMARTS) is 1. The predicted molar refractivity (Wildman–Crippen MR) is 90.8 cm³/mol. The molecule has 0 radical (unpaired) electrons. The molecule has 2 N–H and O–H groups in total. The molecule has 1 amide bonds. The van der Waals surface area contributed by atoms with E-state index < -0.39 is 16.8 Å². The molecule has 0 saturated carbocycles. The van der Waals surface area contributed by atoms with Crippen LogP contribution in [0.4, 0.5) is 17.2 Å². The highest BCUT2D eigenvalue weighted by Gasteiger charge is 2.23. The fourth-order valence-corrected chi connectivity index (χ4v) is 2.22. The fraction of sp³-hybridized carbons (Fsp3) is 0.188. The summed E-state index contributed by atoms with van der Waals surface area (Å²) < 4.78 is 0. The zero-order valence-corrected chi connectivity index (χ0v) is 13.4. The lowest BCUT2D eigenvalue weighted by Crippen LogP contribution is -2.33. The van der Waals surface area contributed by atoms with Crippen LogP contribution < -0.4 is 10.2 Å². The van der Waals surface area contributed by atoms with Gasteiger partial charge in [-0.05, 0) is 24.3 Å². The molecule has 1 aromatic carbocycles. The average molecular weight is 344 g/mol. The van der Waals surface area contributed by atoms with E-state index >= 15 is 0 Å². The quantitative estimate of drug-likeness (QED) is 0.582. The summed E-state index contributed by atoms with van der Waals surface area (Å²) in [5.41, 5.74) is 0.103. The van der Waals surface area contributed by atoms with Gasteiger partial charge in [0.2, 0.25) is 0 Å². The van der Waals surface area contributed by atoms with E-state index in [0.717, 1.165) is 6.07 Å². The molecular formula is C16H16N4O5. The van der Waals surface area contributed by atoms with E-state index in [1.807, 2.05) is 0 Å². The van der Waals surface area contributed by atoms with Gasteiger partial charge in [-0.3, -0.25) is 24.6 Å². The number of amides is 1. The smallest absolute Gasteiger partial charge is 0.305 e. The summed E-state index contributed by atoms with van der Waals surface area (Å²) >= 11 is 0. The fourth-order valence-electron chi connectivity index (χ4n) is 2.22. The summed E-state index contributed by atoms with van der Waals surface area (Å²) in [5.74, 6) is -1.36. The Hall–Kier alpha value is -3.49. The van der Waals surface area contributed by atoms with Gasteiger partial charge in [0.25, 0.3) is 11.6 Å². The molecule has 0 bridgehead atoms. The number of aliphatic carboxylic acids is 1. The summed E-state index contributed by atoms with van der Waals surface area (Å²) in [6.45, 7) is -0.104. The number of aromatic nitrogens is 1. The lowest BCUT2D eigenvalue weighted by atomic mass is 10.1. The molecule has 0 aliphatic rings. The van der Waals surface area contributed by atoms with Gasteiger partial charge < -0.3 is 10.4 Å². The molecule has 0 unspecified atom stereocenters. The number of nitro groups is 1. The van der Waals surface area contributed by atoms with Crippen molar-refractivity contribution in [2.75, 3.05) is 23.8 Å². The Kier molecular flexibility index (Phi) is 5.62. The first kappa shape index (κ1) is 17.9. The Labute approximate surface area is 143 Å². The van der Waals surface area contributed by atoms with Crippen LogP contribution in [0.3, 0.4) is 0 Å². The second-order valence-electron chi connectivity index (χ2n) is 5.03. The number of nitro benzene ring substituents is 1. The van der Waals surface area contributed by atoms with Gasteiger partial charge in [-0.1, -0.05) is 6.07 Å². The number of nitrogens with zero attached hydrogens (tertiary/aromatic N) is 3. The number of anilines is 2. The summed E-state index contributed by atoms with van der Waals surface area (Å²) in [4.78, 5) is 39.5. The standard InChI is InChI=1S/C16H16N4O5/c1-17-12-6-5-11(10-13(12)20(24)25)16(23)19(9-7-15(21)22)14-4-2-3-8-18-14/h2-6,8,10,17H,7,9H2,1H3,(H,21,22). The zero-order valence-electron chi connectivity index (χ0n) is 13.4. The van der Waals surface area contributed by atoms with Crippen LogP contribution in [-0.4, -0.2) is 40.5 Å². The monoisotopic (exact) mass is 344 g/mol. The van der Waals surface area contributed by atoms with E-state index in [9.17, 15) is 19.7 Å². The Morgan fingerprint density at radius 3 is 2.64 bits per heavy atom. The van der Waals surface area contributed by atoms with Gasteiger partial charge in [0.1, 0.15) is 11.5 Å². The van der Waals surface area contributed by atoms with Crippen LogP contribution >= 0.6 is 0 Å². The minimum Gasteiger partial charge on any atom is -0.481 e. The molecule has 1 aromatic heterocycles. The topological polar surface area (TPSA) is 126 Å². The Morgan fingerprint density at radius 2 is 2.08 bits per heavy atom. The second kappa shape index (κ2) is 7.86. The molecule has 25 heavy (non-hydrogen) atoms. The molecular weight excluding hydrogens is 328 g/mol. The number of hydrogen-bond donors (Lipinski definition) is 2. The van der Waals surface area contributed by atoms with Crippen molar-refractivity contribution in [2.45, 2.75) is 6.42 Å². The van der Waals surface area contributed by atoms with Crippen molar-refractivity contribution in [2.24, 2.45) is 0 Å². The van der Waals surface area contributed by atoms with Gasteiger partial charge in [0.05, 0.1) is 11.3 Å². The van der Waals surface area contributed by atoms with Crippen LogP contribution in [0, 0.1) is 10.1 Å². The number of nitrogens with one attached hydrogen (secondary N) is 1. The molecule has 9 heteroatoms. The molecule has 9 nitrogen and oxygen atoms in total. The van der Waals surface area contributed by atoms with Gasteiger partial charge >= 0.3 is 5.97 Å². The number of pyridine rings is 1. The van der Waals surface area contributed by atoms with Crippen LogP contribution in [0.5, 0.6) is 0 Å². The number of carbonyl (C=O) groups excluding carboxylic acids is 1. The van der Waals surface area contributed by atoms with Crippen LogP contribution in [0.1, 0.15) is 16.8 Å². The minimum absolute atomic E-state index is 0.0711. The van der Waals surface area contributed by atoms with E-state index in [4.69, 9.17) is 5.11 Å². The van der Waals surface area contributed by atoms with Crippen LogP contribution in [-0.2, 0) is 4.79 Å². The summed E-state index contributed by atoms with van der Waals surface area (Å²) in [7, 11) is 1.54. The molecule has 0 fully saturated rings. The van der Waals surface area contributed by atoms with E-state index in [2.05, 4.69) is 10.3 Å². The van der Waals surface area contributed by atoms with Gasteiger partial charge in [-0.15, -0.1) is 0 Å². The molecule has 1 heterocycles. The third-order valence-electron chi connectivity index (χ3n) is 3.43. The lowest BCUT2D eigenvalue weighted by molar-refractivity contribution is -0.384. The maximum absolute atomic E-state index is 12.8. The second-order valence-corrected chi connectivity index (χ2v) is 5.03. The lowest BCUT2D eigenvalue weighted by Gasteiger charge is -2.21. The van der Waals surface area contributed by atoms with Crippen molar-refractivity contribution in [3.63, 3.8) is 0 Å². The van der Waals surface area contributed by atoms with Crippen LogP contribution in [0.25, 0.3) is 0 Å². The highest BCUT2D eigenvalue weighted by Crippen LogP contribution is 2.26. The van der Waals surface area contributed by atoms with Gasteiger partial charge in [-0.2, -0.15) is 0 Å². The minimum atomic E-state index is -1.06. The Morgan fingerprint density at radius 1 is 1.32 bits per heavy atom. The first-order valence-electron chi connectivity index (χ1n) is 7.35. The summed E-state index contributed by atoms with van der Waals surface area (Å²) in [6, 6.07) is 8.92. The summed E-state index contributed by atoms with van der Waals surface area (Å²) in [5, 5.41) is 22.7. The van der Waals surface area contributed by atoms with Crippen molar-refractivity contribution < 1.29 is 19.6 Å². The van der Waals surface area contributed by atoms with E-state index in [-0.39, 0.29) is 35.7 Å². The van der Waals surface area contributed by atoms with Crippen molar-refractivity contribution in [1.82, 2.24) is 4.98 Å². The molecule has 2 rings (SSSR count). The van der Waals surface area contributed by atoms with E-state index in [0.29, 0.717) is 0 Å². The molecule has 130 valence electrons. The van der Waals surface area contributed by atoms with Crippen LogP contribution in [0.15, 0.2) is 42.6 Å².